The number of piperazine rings is 1. The third kappa shape index (κ3) is 4.78. The van der Waals surface area contributed by atoms with Crippen LogP contribution in [0.5, 0.6) is 0 Å². The number of carbonyl (C=O) groups excluding carboxylic acids is 1. The minimum atomic E-state index is -4.44. The third-order valence-electron chi connectivity index (χ3n) is 5.53. The molecule has 2 heterocycles. The Morgan fingerprint density at radius 3 is 2.74 bits per heavy atom. The minimum absolute atomic E-state index is 0. The third-order valence-corrected chi connectivity index (χ3v) is 6.70. The zero-order valence-electron chi connectivity index (χ0n) is 16.5. The van der Waals surface area contributed by atoms with E-state index in [1.807, 2.05) is 24.1 Å². The Morgan fingerprint density at radius 1 is 1.23 bits per heavy atom. The molecule has 1 fully saturated rings. The first kappa shape index (κ1) is 23.7. The second-order valence-electron chi connectivity index (χ2n) is 7.39. The lowest BCUT2D eigenvalue weighted by Gasteiger charge is -2.39. The molecule has 0 bridgehead atoms. The molecule has 4 nitrogen and oxygen atoms in total. The van der Waals surface area contributed by atoms with E-state index in [1.165, 1.54) is 17.8 Å². The van der Waals surface area contributed by atoms with Crippen molar-refractivity contribution < 1.29 is 23.1 Å². The maximum Gasteiger partial charge on any atom is 0.416 e. The van der Waals surface area contributed by atoms with Gasteiger partial charge in [-0.1, -0.05) is 17.8 Å². The fourth-order valence-corrected chi connectivity index (χ4v) is 5.22. The predicted molar refractivity (Wildman–Crippen MR) is 118 cm³/mol. The summed E-state index contributed by atoms with van der Waals surface area (Å²) in [6.07, 6.45) is -3.76. The molecule has 166 valence electrons. The van der Waals surface area contributed by atoms with Crippen LogP contribution in [-0.2, 0) is 17.4 Å². The molecule has 2 N–H and O–H groups in total. The number of anilines is 1. The number of hydrogen-bond donors (Lipinski definition) is 2. The summed E-state index contributed by atoms with van der Waals surface area (Å²) in [6, 6.07) is 9.47. The Balaban J connectivity index is 0.00000272. The number of nitrogens with zero attached hydrogens (tertiary/aromatic N) is 1. The maximum absolute atomic E-state index is 13.2. The molecule has 0 amide bonds. The summed E-state index contributed by atoms with van der Waals surface area (Å²) in [4.78, 5) is 15.7. The maximum atomic E-state index is 13.2. The number of fused-ring (bicyclic) bond motifs is 2. The highest BCUT2D eigenvalue weighted by Crippen LogP contribution is 2.46. The largest absolute Gasteiger partial charge is 0.416 e. The number of rotatable bonds is 3. The van der Waals surface area contributed by atoms with Gasteiger partial charge in [0.2, 0.25) is 0 Å². The second-order valence-corrected chi connectivity index (χ2v) is 8.48. The fraction of sp³-hybridized carbons (Fsp3) is 0.364. The Bertz CT molecular complexity index is 1010. The van der Waals surface area contributed by atoms with Gasteiger partial charge in [0, 0.05) is 59.7 Å². The lowest BCUT2D eigenvalue weighted by Crippen LogP contribution is -2.52. The summed E-state index contributed by atoms with van der Waals surface area (Å²) in [5.41, 5.74) is 1.70. The molecule has 1 unspecified atom stereocenters. The predicted octanol–water partition coefficient (Wildman–Crippen LogP) is 4.21. The van der Waals surface area contributed by atoms with Crippen molar-refractivity contribution in [1.82, 2.24) is 5.32 Å². The van der Waals surface area contributed by atoms with Crippen molar-refractivity contribution in [3.05, 3.63) is 53.1 Å². The SMILES string of the molecule is Cl.O=C=C1Cc2cc(C(F)(F)F)ccc2Sc2cccc(N3CCNCC3CCO)c21. The molecule has 2 aromatic carbocycles. The Labute approximate surface area is 188 Å². The lowest BCUT2D eigenvalue weighted by molar-refractivity contribution is -0.137. The van der Waals surface area contributed by atoms with Gasteiger partial charge in [0.1, 0.15) is 5.94 Å². The van der Waals surface area contributed by atoms with Gasteiger partial charge in [-0.15, -0.1) is 12.4 Å². The summed E-state index contributed by atoms with van der Waals surface area (Å²) >= 11 is 1.38. The van der Waals surface area contributed by atoms with Gasteiger partial charge >= 0.3 is 6.18 Å². The topological polar surface area (TPSA) is 52.6 Å². The highest BCUT2D eigenvalue weighted by atomic mass is 35.5. The van der Waals surface area contributed by atoms with Gasteiger partial charge in [-0.3, -0.25) is 0 Å². The van der Waals surface area contributed by atoms with Gasteiger partial charge in [-0.25, -0.2) is 4.79 Å². The average Bonchev–Trinajstić information content (AvgIpc) is 2.89. The molecule has 0 spiro atoms. The van der Waals surface area contributed by atoms with Gasteiger partial charge in [0.25, 0.3) is 0 Å². The van der Waals surface area contributed by atoms with E-state index in [0.717, 1.165) is 34.8 Å². The van der Waals surface area contributed by atoms with E-state index in [9.17, 15) is 23.1 Å². The molecule has 1 atom stereocenters. The average molecular weight is 471 g/mol. The van der Waals surface area contributed by atoms with Crippen LogP contribution in [0.1, 0.15) is 23.1 Å². The van der Waals surface area contributed by atoms with Crippen LogP contribution in [0.2, 0.25) is 0 Å². The van der Waals surface area contributed by atoms with Crippen LogP contribution in [0.4, 0.5) is 18.9 Å². The van der Waals surface area contributed by atoms with E-state index < -0.39 is 11.7 Å². The fourth-order valence-electron chi connectivity index (χ4n) is 4.11. The molecule has 0 aromatic heterocycles. The van der Waals surface area contributed by atoms with E-state index in [0.29, 0.717) is 35.5 Å². The van der Waals surface area contributed by atoms with Crippen LogP contribution in [0.15, 0.2) is 46.2 Å². The first-order chi connectivity index (χ1) is 14.4. The van der Waals surface area contributed by atoms with Crippen molar-refractivity contribution in [2.45, 2.75) is 34.9 Å². The van der Waals surface area contributed by atoms with E-state index in [-0.39, 0.29) is 31.5 Å². The van der Waals surface area contributed by atoms with Crippen molar-refractivity contribution in [2.75, 3.05) is 31.1 Å². The number of halogens is 4. The number of alkyl halides is 3. The smallest absolute Gasteiger partial charge is 0.396 e. The molecule has 9 heteroatoms. The van der Waals surface area contributed by atoms with Crippen LogP contribution in [0.3, 0.4) is 0 Å². The highest BCUT2D eigenvalue weighted by molar-refractivity contribution is 7.99. The minimum Gasteiger partial charge on any atom is -0.396 e. The molecule has 0 radical (unpaired) electrons. The van der Waals surface area contributed by atoms with Crippen molar-refractivity contribution in [2.24, 2.45) is 0 Å². The van der Waals surface area contributed by atoms with Gasteiger partial charge < -0.3 is 15.3 Å². The molecule has 0 saturated carbocycles. The van der Waals surface area contributed by atoms with Crippen molar-refractivity contribution >= 4 is 41.4 Å². The van der Waals surface area contributed by atoms with Gasteiger partial charge in [0.15, 0.2) is 0 Å². The summed E-state index contributed by atoms with van der Waals surface area (Å²) < 4.78 is 39.6. The van der Waals surface area contributed by atoms with Crippen molar-refractivity contribution in [3.8, 4) is 0 Å². The number of benzene rings is 2. The van der Waals surface area contributed by atoms with Crippen LogP contribution < -0.4 is 10.2 Å². The van der Waals surface area contributed by atoms with Crippen LogP contribution in [0.25, 0.3) is 5.57 Å². The van der Waals surface area contributed by atoms with Crippen molar-refractivity contribution in [3.63, 3.8) is 0 Å². The van der Waals surface area contributed by atoms with Crippen molar-refractivity contribution in [1.29, 1.82) is 0 Å². The summed E-state index contributed by atoms with van der Waals surface area (Å²) in [6.45, 7) is 2.25. The summed E-state index contributed by atoms with van der Waals surface area (Å²) in [5, 5.41) is 12.8. The Kier molecular flexibility index (Phi) is 7.39. The standard InChI is InChI=1S/C22H21F3N2O2S.ClH/c23-22(24,25)16-4-5-19-14(11-16)10-15(13-29)21-18(2-1-3-20(21)30-19)27-8-7-26-12-17(27)6-9-28;/h1-5,11,17,26,28H,6-10,12H2;1H. The Hall–Kier alpha value is -1.96. The van der Waals surface area contributed by atoms with E-state index in [4.69, 9.17) is 0 Å². The second kappa shape index (κ2) is 9.67. The zero-order chi connectivity index (χ0) is 21.3. The summed E-state index contributed by atoms with van der Waals surface area (Å²) in [7, 11) is 0. The molecular weight excluding hydrogens is 449 g/mol. The van der Waals surface area contributed by atoms with E-state index in [2.05, 4.69) is 10.2 Å². The van der Waals surface area contributed by atoms with Crippen LogP contribution in [0, 0.1) is 0 Å². The normalized spacial score (nSPS) is 18.4. The highest BCUT2D eigenvalue weighted by Gasteiger charge is 2.33. The lowest BCUT2D eigenvalue weighted by atomic mass is 9.95. The van der Waals surface area contributed by atoms with Gasteiger partial charge in [-0.05, 0) is 42.3 Å². The quantitative estimate of drug-likeness (QED) is 0.658. The van der Waals surface area contributed by atoms with E-state index >= 15 is 0 Å². The molecule has 2 aliphatic heterocycles. The van der Waals surface area contributed by atoms with Crippen LogP contribution in [-0.4, -0.2) is 43.3 Å². The van der Waals surface area contributed by atoms with E-state index in [1.54, 1.807) is 0 Å². The van der Waals surface area contributed by atoms with Gasteiger partial charge in [0.05, 0.1) is 11.1 Å². The van der Waals surface area contributed by atoms with Crippen LogP contribution >= 0.6 is 24.2 Å². The molecule has 2 aliphatic rings. The number of nitrogens with one attached hydrogen (secondary N) is 1. The Morgan fingerprint density at radius 2 is 2.03 bits per heavy atom. The molecular formula is C22H22ClF3N2O2S. The zero-order valence-corrected chi connectivity index (χ0v) is 18.2. The number of aliphatic hydroxyl groups is 1. The first-order valence-corrected chi connectivity index (χ1v) is 10.6. The monoisotopic (exact) mass is 470 g/mol. The molecule has 31 heavy (non-hydrogen) atoms. The molecule has 0 aliphatic carbocycles. The molecule has 4 rings (SSSR count). The molecule has 1 saturated heterocycles. The first-order valence-electron chi connectivity index (χ1n) is 9.76. The number of allylic oxidation sites excluding steroid dienone is 1. The number of hydrogen-bond acceptors (Lipinski definition) is 5. The molecule has 2 aromatic rings. The van der Waals surface area contributed by atoms with Gasteiger partial charge in [-0.2, -0.15) is 13.2 Å². The number of aliphatic hydroxyl groups excluding tert-OH is 1. The summed E-state index contributed by atoms with van der Waals surface area (Å²) in [5.74, 6) is 2.01.